The molecule has 2 rings (SSSR count). The van der Waals surface area contributed by atoms with Crippen molar-refractivity contribution in [3.8, 4) is 0 Å². The first-order valence-corrected chi connectivity index (χ1v) is 9.71. The molecule has 0 bridgehead atoms. The Morgan fingerprint density at radius 1 is 1.33 bits per heavy atom. The molecule has 1 saturated carbocycles. The molecule has 1 aromatic rings. The summed E-state index contributed by atoms with van der Waals surface area (Å²) in [7, 11) is -3.49. The summed E-state index contributed by atoms with van der Waals surface area (Å²) in [4.78, 5) is 4.15. The van der Waals surface area contributed by atoms with Crippen molar-refractivity contribution in [3.63, 3.8) is 0 Å². The summed E-state index contributed by atoms with van der Waals surface area (Å²) in [5, 5.41) is 0. The highest BCUT2D eigenvalue weighted by Gasteiger charge is 2.35. The van der Waals surface area contributed by atoms with Gasteiger partial charge in [0.25, 0.3) is 0 Å². The van der Waals surface area contributed by atoms with Crippen molar-refractivity contribution >= 4 is 26.0 Å². The first-order valence-electron chi connectivity index (χ1n) is 7.43. The van der Waals surface area contributed by atoms with E-state index in [0.29, 0.717) is 16.9 Å². The van der Waals surface area contributed by atoms with Gasteiger partial charge in [0, 0.05) is 23.4 Å². The number of sulfonamides is 1. The summed E-state index contributed by atoms with van der Waals surface area (Å²) in [6.45, 7) is 4.93. The highest BCUT2D eigenvalue weighted by Crippen LogP contribution is 2.42. The van der Waals surface area contributed by atoms with Gasteiger partial charge in [0.1, 0.15) is 4.90 Å². The van der Waals surface area contributed by atoms with Crippen LogP contribution < -0.4 is 4.72 Å². The molecule has 6 heteroatoms. The SMILES string of the molecule is CC(C)CC1(CNS(=O)(=O)c2cncc(Br)c2)CCCC1. The van der Waals surface area contributed by atoms with Gasteiger partial charge in [-0.05, 0) is 52.6 Å². The van der Waals surface area contributed by atoms with Crippen molar-refractivity contribution in [2.24, 2.45) is 11.3 Å². The van der Waals surface area contributed by atoms with Crippen LogP contribution in [0.15, 0.2) is 27.8 Å². The van der Waals surface area contributed by atoms with Crippen LogP contribution in [0.25, 0.3) is 0 Å². The molecule has 1 N–H and O–H groups in total. The molecule has 1 fully saturated rings. The van der Waals surface area contributed by atoms with Gasteiger partial charge in [-0.2, -0.15) is 0 Å². The number of hydrogen-bond donors (Lipinski definition) is 1. The lowest BCUT2D eigenvalue weighted by Gasteiger charge is -2.31. The third-order valence-corrected chi connectivity index (χ3v) is 5.93. The van der Waals surface area contributed by atoms with Crippen LogP contribution in [0.3, 0.4) is 0 Å². The second kappa shape index (κ2) is 6.75. The zero-order valence-corrected chi connectivity index (χ0v) is 15.0. The van der Waals surface area contributed by atoms with E-state index in [1.807, 2.05) is 0 Å². The number of nitrogens with zero attached hydrogens (tertiary/aromatic N) is 1. The first-order chi connectivity index (χ1) is 9.83. The summed E-state index contributed by atoms with van der Waals surface area (Å²) in [6.07, 6.45) is 8.67. The molecule has 0 amide bonds. The van der Waals surface area contributed by atoms with Crippen molar-refractivity contribution in [3.05, 3.63) is 22.9 Å². The number of halogens is 1. The minimum Gasteiger partial charge on any atom is -0.262 e. The van der Waals surface area contributed by atoms with E-state index < -0.39 is 10.0 Å². The molecular weight excluding hydrogens is 352 g/mol. The monoisotopic (exact) mass is 374 g/mol. The average molecular weight is 375 g/mol. The number of nitrogens with one attached hydrogen (secondary N) is 1. The van der Waals surface area contributed by atoms with Crippen LogP contribution in [-0.4, -0.2) is 19.9 Å². The molecule has 0 unspecified atom stereocenters. The first kappa shape index (κ1) is 16.9. The van der Waals surface area contributed by atoms with Crippen molar-refractivity contribution in [2.75, 3.05) is 6.54 Å². The molecular formula is C15H23BrN2O2S. The Labute approximate surface area is 135 Å². The topological polar surface area (TPSA) is 59.1 Å². The van der Waals surface area contributed by atoms with E-state index >= 15 is 0 Å². The Morgan fingerprint density at radius 3 is 2.57 bits per heavy atom. The van der Waals surface area contributed by atoms with Gasteiger partial charge in [-0.15, -0.1) is 0 Å². The van der Waals surface area contributed by atoms with E-state index in [9.17, 15) is 8.42 Å². The quantitative estimate of drug-likeness (QED) is 0.824. The van der Waals surface area contributed by atoms with Gasteiger partial charge in [0.2, 0.25) is 10.0 Å². The Hall–Kier alpha value is -0.460. The molecule has 0 aliphatic heterocycles. The Balaban J connectivity index is 2.10. The molecule has 0 aromatic carbocycles. The van der Waals surface area contributed by atoms with Crippen molar-refractivity contribution in [1.29, 1.82) is 0 Å². The van der Waals surface area contributed by atoms with E-state index in [1.54, 1.807) is 12.3 Å². The van der Waals surface area contributed by atoms with E-state index in [1.165, 1.54) is 19.0 Å². The van der Waals surface area contributed by atoms with Crippen LogP contribution in [0.5, 0.6) is 0 Å². The molecule has 118 valence electrons. The lowest BCUT2D eigenvalue weighted by molar-refractivity contribution is 0.236. The van der Waals surface area contributed by atoms with Crippen molar-refractivity contribution < 1.29 is 8.42 Å². The normalized spacial score (nSPS) is 18.3. The highest BCUT2D eigenvalue weighted by atomic mass is 79.9. The Morgan fingerprint density at radius 2 is 2.00 bits per heavy atom. The third-order valence-electron chi connectivity index (χ3n) is 4.13. The summed E-state index contributed by atoms with van der Waals surface area (Å²) in [6, 6.07) is 1.58. The minimum absolute atomic E-state index is 0.126. The average Bonchev–Trinajstić information content (AvgIpc) is 2.85. The van der Waals surface area contributed by atoms with Gasteiger partial charge in [-0.1, -0.05) is 26.7 Å². The zero-order chi connectivity index (χ0) is 15.5. The standard InChI is InChI=1S/C15H23BrN2O2S/c1-12(2)8-15(5-3-4-6-15)11-18-21(19,20)14-7-13(16)9-17-10-14/h7,9-10,12,18H,3-6,8,11H2,1-2H3. The van der Waals surface area contributed by atoms with Crippen LogP contribution in [0.1, 0.15) is 46.0 Å². The van der Waals surface area contributed by atoms with Gasteiger partial charge in [-0.25, -0.2) is 13.1 Å². The maximum atomic E-state index is 12.4. The second-order valence-corrected chi connectivity index (χ2v) is 9.15. The number of rotatable bonds is 6. The molecule has 0 spiro atoms. The van der Waals surface area contributed by atoms with Crippen LogP contribution >= 0.6 is 15.9 Å². The summed E-state index contributed by atoms with van der Waals surface area (Å²) >= 11 is 3.26. The predicted molar refractivity (Wildman–Crippen MR) is 87.5 cm³/mol. The lowest BCUT2D eigenvalue weighted by Crippen LogP contribution is -2.36. The fourth-order valence-electron chi connectivity index (χ4n) is 3.31. The lowest BCUT2D eigenvalue weighted by atomic mass is 9.79. The maximum Gasteiger partial charge on any atom is 0.242 e. The van der Waals surface area contributed by atoms with E-state index in [2.05, 4.69) is 39.5 Å². The molecule has 1 aliphatic carbocycles. The highest BCUT2D eigenvalue weighted by molar-refractivity contribution is 9.10. The van der Waals surface area contributed by atoms with Gasteiger partial charge in [0.15, 0.2) is 0 Å². The molecule has 21 heavy (non-hydrogen) atoms. The number of aromatic nitrogens is 1. The number of hydrogen-bond acceptors (Lipinski definition) is 3. The fraction of sp³-hybridized carbons (Fsp3) is 0.667. The second-order valence-electron chi connectivity index (χ2n) is 6.47. The zero-order valence-electron chi connectivity index (χ0n) is 12.6. The van der Waals surface area contributed by atoms with Gasteiger partial charge < -0.3 is 0 Å². The molecule has 1 aromatic heterocycles. The van der Waals surface area contributed by atoms with E-state index in [-0.39, 0.29) is 10.3 Å². The van der Waals surface area contributed by atoms with Gasteiger partial charge in [0.05, 0.1) is 0 Å². The van der Waals surface area contributed by atoms with Crippen molar-refractivity contribution in [2.45, 2.75) is 50.8 Å². The van der Waals surface area contributed by atoms with Crippen LogP contribution in [-0.2, 0) is 10.0 Å². The third kappa shape index (κ3) is 4.50. The van der Waals surface area contributed by atoms with E-state index in [4.69, 9.17) is 0 Å². The fourth-order valence-corrected chi connectivity index (χ4v) is 4.98. The molecule has 0 radical (unpaired) electrons. The molecule has 4 nitrogen and oxygen atoms in total. The summed E-state index contributed by atoms with van der Waals surface area (Å²) < 4.78 is 28.3. The molecule has 1 heterocycles. The molecule has 0 saturated heterocycles. The predicted octanol–water partition coefficient (Wildman–Crippen LogP) is 3.73. The minimum atomic E-state index is -3.49. The van der Waals surface area contributed by atoms with Crippen LogP contribution in [0.4, 0.5) is 0 Å². The largest absolute Gasteiger partial charge is 0.262 e. The Bertz CT molecular complexity index is 581. The number of pyridine rings is 1. The van der Waals surface area contributed by atoms with Crippen LogP contribution in [0, 0.1) is 11.3 Å². The smallest absolute Gasteiger partial charge is 0.242 e. The van der Waals surface area contributed by atoms with Gasteiger partial charge in [-0.3, -0.25) is 4.98 Å². The molecule has 0 atom stereocenters. The van der Waals surface area contributed by atoms with Crippen LogP contribution in [0.2, 0.25) is 0 Å². The molecule has 1 aliphatic rings. The maximum absolute atomic E-state index is 12.4. The Kier molecular flexibility index (Phi) is 5.43. The summed E-state index contributed by atoms with van der Waals surface area (Å²) in [5.41, 5.74) is 0.126. The van der Waals surface area contributed by atoms with Gasteiger partial charge >= 0.3 is 0 Å². The summed E-state index contributed by atoms with van der Waals surface area (Å²) in [5.74, 6) is 0.583. The van der Waals surface area contributed by atoms with Crippen molar-refractivity contribution in [1.82, 2.24) is 9.71 Å². The van der Waals surface area contributed by atoms with E-state index in [0.717, 1.165) is 19.3 Å².